The van der Waals surface area contributed by atoms with Crippen molar-refractivity contribution < 1.29 is 35.1 Å². The van der Waals surface area contributed by atoms with Crippen LogP contribution in [0.4, 0.5) is 0 Å². The molecule has 59 heavy (non-hydrogen) atoms. The van der Waals surface area contributed by atoms with Crippen molar-refractivity contribution in [1.29, 1.82) is 0 Å². The van der Waals surface area contributed by atoms with Gasteiger partial charge < -0.3 is 39.5 Å². The van der Waals surface area contributed by atoms with E-state index in [1.54, 1.807) is 18.3 Å². The van der Waals surface area contributed by atoms with Crippen LogP contribution in [0.3, 0.4) is 0 Å². The largest absolute Gasteiger partial charge is 0.508 e. The fourth-order valence-corrected chi connectivity index (χ4v) is 8.83. The Morgan fingerprint density at radius 2 is 0.949 bits per heavy atom. The lowest BCUT2D eigenvalue weighted by atomic mass is 9.70. The molecule has 0 unspecified atom stereocenters. The molecule has 0 bridgehead atoms. The summed E-state index contributed by atoms with van der Waals surface area (Å²) in [6, 6.07) is 32.7. The van der Waals surface area contributed by atoms with E-state index in [0.717, 1.165) is 27.6 Å². The van der Waals surface area contributed by atoms with Gasteiger partial charge in [-0.3, -0.25) is 0 Å². The molecular weight excluding hydrogens is 741 g/mol. The number of furan rings is 1. The van der Waals surface area contributed by atoms with Crippen molar-refractivity contribution in [1.82, 2.24) is 19.4 Å². The van der Waals surface area contributed by atoms with Crippen LogP contribution in [-0.4, -0.2) is 73.5 Å². The summed E-state index contributed by atoms with van der Waals surface area (Å²) in [4.78, 5) is 14.7. The van der Waals surface area contributed by atoms with E-state index in [-0.39, 0.29) is 44.1 Å². The zero-order chi connectivity index (χ0) is 40.6. The fourth-order valence-electron chi connectivity index (χ4n) is 8.83. The van der Waals surface area contributed by atoms with E-state index in [0.29, 0.717) is 61.5 Å². The molecule has 0 atom stereocenters. The molecule has 11 nitrogen and oxygen atoms in total. The maximum absolute atomic E-state index is 12.6. The third-order valence-electron chi connectivity index (χ3n) is 11.9. The zero-order valence-electron chi connectivity index (χ0n) is 31.7. The highest BCUT2D eigenvalue weighted by Gasteiger charge is 2.34. The van der Waals surface area contributed by atoms with Crippen molar-refractivity contribution >= 4 is 100.0 Å². The minimum absolute atomic E-state index is 0.00250. The van der Waals surface area contributed by atoms with Gasteiger partial charge in [-0.25, -0.2) is 15.0 Å². The van der Waals surface area contributed by atoms with E-state index in [2.05, 4.69) is 0 Å². The van der Waals surface area contributed by atoms with Crippen molar-refractivity contribution in [3.63, 3.8) is 0 Å². The fraction of sp³-hybridized carbons (Fsp3) is 0. The van der Waals surface area contributed by atoms with Gasteiger partial charge in [0.25, 0.3) is 0 Å². The van der Waals surface area contributed by atoms with E-state index >= 15 is 0 Å². The molecule has 280 valence electrons. The third-order valence-corrected chi connectivity index (χ3v) is 11.9. The van der Waals surface area contributed by atoms with Gasteiger partial charge in [0.1, 0.15) is 51.7 Å². The number of nitrogens with zero attached hydrogens (tertiary/aromatic N) is 4. The maximum atomic E-state index is 12.6. The van der Waals surface area contributed by atoms with E-state index < -0.39 is 23.0 Å². The molecule has 14 heteroatoms. The number of benzene rings is 7. The summed E-state index contributed by atoms with van der Waals surface area (Å²) in [6.45, 7) is 0. The first kappa shape index (κ1) is 34.4. The lowest BCUT2D eigenvalue weighted by Crippen LogP contribution is -2.39. The molecule has 0 amide bonds. The first-order valence-corrected chi connectivity index (χ1v) is 18.9. The summed E-state index contributed by atoms with van der Waals surface area (Å²) < 4.78 is 8.22. The average Bonchev–Trinajstić information content (AvgIpc) is 3.95. The van der Waals surface area contributed by atoms with Gasteiger partial charge in [0.15, 0.2) is 29.0 Å². The smallest absolute Gasteiger partial charge is 0.206 e. The third kappa shape index (κ3) is 4.53. The van der Waals surface area contributed by atoms with Gasteiger partial charge in [0.2, 0.25) is 11.5 Å². The van der Waals surface area contributed by atoms with Gasteiger partial charge in [-0.15, -0.1) is 0 Å². The Hall–Kier alpha value is -7.86. The lowest BCUT2D eigenvalue weighted by molar-refractivity contribution is 0.350. The summed E-state index contributed by atoms with van der Waals surface area (Å²) in [5, 5.41) is 70.7. The predicted octanol–water partition coefficient (Wildman–Crippen LogP) is 4.60. The Kier molecular flexibility index (Phi) is 7.04. The number of hydrogen-bond donors (Lipinski definition) is 6. The molecule has 0 spiro atoms. The van der Waals surface area contributed by atoms with Gasteiger partial charge in [-0.1, -0.05) is 107 Å². The van der Waals surface area contributed by atoms with Crippen LogP contribution in [0.2, 0.25) is 0 Å². The number of fused-ring (bicyclic) bond motifs is 10. The first-order chi connectivity index (χ1) is 28.5. The second-order valence-electron chi connectivity index (χ2n) is 15.0. The highest BCUT2D eigenvalue weighted by atomic mass is 16.3. The van der Waals surface area contributed by atoms with Crippen molar-refractivity contribution in [3.05, 3.63) is 103 Å². The van der Waals surface area contributed by atoms with Crippen LogP contribution in [0.15, 0.2) is 108 Å². The van der Waals surface area contributed by atoms with Gasteiger partial charge in [-0.05, 0) is 23.3 Å². The van der Waals surface area contributed by atoms with Crippen molar-refractivity contribution in [2.75, 3.05) is 0 Å². The van der Waals surface area contributed by atoms with Crippen molar-refractivity contribution in [2.24, 2.45) is 0 Å². The topological polar surface area (TPSA) is 178 Å². The Morgan fingerprint density at radius 3 is 1.61 bits per heavy atom. The molecular formula is C45H29B3N4O7. The molecule has 0 aliphatic heterocycles. The van der Waals surface area contributed by atoms with Crippen LogP contribution in [0, 0.1) is 0 Å². The summed E-state index contributed by atoms with van der Waals surface area (Å²) in [6.07, 6.45) is 0. The molecule has 4 aromatic heterocycles. The molecule has 0 aliphatic carbocycles. The molecule has 4 heterocycles. The summed E-state index contributed by atoms with van der Waals surface area (Å²) in [7, 11) is 5.51. The number of aromatic nitrogens is 4. The standard InChI is InChI=1S/C45H29B3N4O7/c46-30-31(47)34-26(37(54)32(30)48)25-33-28(27-35(52(33)34)39(56)41(58)40(57)38(27)55)42-29(36(25)53)24-22(15-8-16-23(24)59-42)20-13-7-14-21(17-20)45-50-43(18-9-3-1-4-10-18)49-44(51-45)19-11-5-2-6-12-19/h1-17,53-58H,46-48H2. The van der Waals surface area contributed by atoms with E-state index in [9.17, 15) is 30.6 Å². The minimum atomic E-state index is -0.910. The minimum Gasteiger partial charge on any atom is -0.508 e. The SMILES string of the molecule is Bc1c(B)c(B)c2c(c1O)c1c(O)c3c(oc4cccc(-c5cccc(-c6nc(-c7ccccc7)nc(-c7ccccc7)n6)c5)c43)c3c4c(O)c(O)c(O)c(O)c4n2c13. The maximum Gasteiger partial charge on any atom is 0.206 e. The van der Waals surface area contributed by atoms with Gasteiger partial charge in [0, 0.05) is 22.1 Å². The van der Waals surface area contributed by atoms with Gasteiger partial charge >= 0.3 is 0 Å². The summed E-state index contributed by atoms with van der Waals surface area (Å²) in [5.41, 5.74) is 7.27. The quantitative estimate of drug-likeness (QED) is 0.0843. The second-order valence-corrected chi connectivity index (χ2v) is 15.0. The molecule has 6 N–H and O–H groups in total. The average molecular weight is 770 g/mol. The number of aromatic hydroxyl groups is 6. The number of phenolic OH excluding ortho intramolecular Hbond substituents is 6. The molecule has 0 fully saturated rings. The van der Waals surface area contributed by atoms with E-state index in [1.165, 1.54) is 0 Å². The van der Waals surface area contributed by atoms with Crippen molar-refractivity contribution in [2.45, 2.75) is 0 Å². The Balaban J connectivity index is 1.24. The Morgan fingerprint density at radius 1 is 0.407 bits per heavy atom. The van der Waals surface area contributed by atoms with Gasteiger partial charge in [0.05, 0.1) is 38.0 Å². The Bertz CT molecular complexity index is 3550. The van der Waals surface area contributed by atoms with E-state index in [4.69, 9.17) is 19.4 Å². The number of hydrogen-bond acceptors (Lipinski definition) is 10. The highest BCUT2D eigenvalue weighted by molar-refractivity contribution is 6.62. The zero-order valence-corrected chi connectivity index (χ0v) is 31.7. The lowest BCUT2D eigenvalue weighted by Gasteiger charge is -2.13. The highest BCUT2D eigenvalue weighted by Crippen LogP contribution is 2.58. The molecule has 0 saturated carbocycles. The molecule has 11 aromatic rings. The molecule has 0 aliphatic rings. The first-order valence-electron chi connectivity index (χ1n) is 18.9. The van der Waals surface area contributed by atoms with Crippen LogP contribution in [0.1, 0.15) is 0 Å². The molecule has 0 radical (unpaired) electrons. The summed E-state index contributed by atoms with van der Waals surface area (Å²) in [5.74, 6) is -1.94. The van der Waals surface area contributed by atoms with Crippen molar-refractivity contribution in [3.8, 4) is 79.8 Å². The van der Waals surface area contributed by atoms with Crippen LogP contribution in [0.25, 0.3) is 105 Å². The van der Waals surface area contributed by atoms with Crippen LogP contribution in [0.5, 0.6) is 34.5 Å². The predicted molar refractivity (Wildman–Crippen MR) is 238 cm³/mol. The number of phenols is 6. The molecule has 11 rings (SSSR count). The van der Waals surface area contributed by atoms with Gasteiger partial charge in [-0.2, -0.15) is 0 Å². The molecule has 7 aromatic carbocycles. The summed E-state index contributed by atoms with van der Waals surface area (Å²) >= 11 is 0. The number of rotatable bonds is 4. The monoisotopic (exact) mass is 770 g/mol. The van der Waals surface area contributed by atoms with Crippen LogP contribution >= 0.6 is 0 Å². The van der Waals surface area contributed by atoms with E-state index in [1.807, 2.05) is 113 Å². The second kappa shape index (κ2) is 12.1. The molecule has 0 saturated heterocycles. The Labute approximate surface area is 336 Å². The normalized spacial score (nSPS) is 12.0. The van der Waals surface area contributed by atoms with Crippen LogP contribution < -0.4 is 16.4 Å². The van der Waals surface area contributed by atoms with Crippen LogP contribution in [-0.2, 0) is 0 Å².